The predicted octanol–water partition coefficient (Wildman–Crippen LogP) is 1.32. The lowest BCUT2D eigenvalue weighted by atomic mass is 10.2. The number of amides is 1. The molecule has 0 atom stereocenters. The van der Waals surface area contributed by atoms with Gasteiger partial charge in [-0.2, -0.15) is 0 Å². The van der Waals surface area contributed by atoms with Crippen molar-refractivity contribution in [2.24, 2.45) is 5.73 Å². The molecule has 0 aromatic carbocycles. The van der Waals surface area contributed by atoms with Crippen molar-refractivity contribution in [3.05, 3.63) is 35.5 Å². The Morgan fingerprint density at radius 1 is 1.35 bits per heavy atom. The second kappa shape index (κ2) is 6.85. The molecule has 0 saturated heterocycles. The molecule has 0 unspecified atom stereocenters. The molecule has 0 saturated carbocycles. The Bertz CT molecular complexity index is 571. The van der Waals surface area contributed by atoms with Crippen LogP contribution in [0.4, 0.5) is 5.82 Å². The molecule has 2 heterocycles. The summed E-state index contributed by atoms with van der Waals surface area (Å²) < 4.78 is 1.92. The molecule has 2 aromatic heterocycles. The fourth-order valence-electron chi connectivity index (χ4n) is 1.67. The molecule has 2 aromatic rings. The highest BCUT2D eigenvalue weighted by Gasteiger charge is 2.06. The highest BCUT2D eigenvalue weighted by molar-refractivity contribution is 6.33. The molecule has 3 N–H and O–H groups in total. The monoisotopic (exact) mass is 294 g/mol. The summed E-state index contributed by atoms with van der Waals surface area (Å²) >= 11 is 6.01. The van der Waals surface area contributed by atoms with Crippen LogP contribution in [0.3, 0.4) is 0 Å². The van der Waals surface area contributed by atoms with E-state index in [-0.39, 0.29) is 0 Å². The molecule has 0 fully saturated rings. The molecule has 7 nitrogen and oxygen atoms in total. The molecule has 2 rings (SSSR count). The van der Waals surface area contributed by atoms with Gasteiger partial charge < -0.3 is 15.6 Å². The first-order valence-electron chi connectivity index (χ1n) is 6.18. The summed E-state index contributed by atoms with van der Waals surface area (Å²) in [6.45, 7) is 1.61. The van der Waals surface area contributed by atoms with Crippen LogP contribution in [0.1, 0.15) is 23.2 Å². The second-order valence-electron chi connectivity index (χ2n) is 4.25. The van der Waals surface area contributed by atoms with E-state index in [0.717, 1.165) is 25.9 Å². The lowest BCUT2D eigenvalue weighted by molar-refractivity contribution is 0.1000. The Labute approximate surface area is 121 Å². The van der Waals surface area contributed by atoms with Crippen LogP contribution in [0, 0.1) is 0 Å². The fourth-order valence-corrected chi connectivity index (χ4v) is 1.90. The molecule has 20 heavy (non-hydrogen) atoms. The summed E-state index contributed by atoms with van der Waals surface area (Å²) in [6.07, 6.45) is 6.73. The van der Waals surface area contributed by atoms with Crippen molar-refractivity contribution in [3.63, 3.8) is 0 Å². The van der Waals surface area contributed by atoms with Crippen LogP contribution in [-0.4, -0.2) is 32.2 Å². The van der Waals surface area contributed by atoms with E-state index in [9.17, 15) is 4.79 Å². The summed E-state index contributed by atoms with van der Waals surface area (Å²) in [6, 6.07) is 1.51. The number of nitrogens with two attached hydrogens (primary N) is 1. The van der Waals surface area contributed by atoms with Gasteiger partial charge in [0.05, 0.1) is 10.6 Å². The van der Waals surface area contributed by atoms with Gasteiger partial charge in [-0.25, -0.2) is 4.98 Å². The van der Waals surface area contributed by atoms with E-state index in [0.29, 0.717) is 16.4 Å². The number of nitrogens with zero attached hydrogens (tertiary/aromatic N) is 4. The van der Waals surface area contributed by atoms with Gasteiger partial charge in [-0.05, 0) is 18.9 Å². The van der Waals surface area contributed by atoms with Gasteiger partial charge in [0.1, 0.15) is 18.5 Å². The number of aromatic nitrogens is 4. The number of halogens is 1. The zero-order chi connectivity index (χ0) is 14.4. The SMILES string of the molecule is NC(=O)c1cnc(NCCCCn2cnnc2)c(Cl)c1. The lowest BCUT2D eigenvalue weighted by Crippen LogP contribution is -2.12. The van der Waals surface area contributed by atoms with Gasteiger partial charge in [0, 0.05) is 19.3 Å². The van der Waals surface area contributed by atoms with Gasteiger partial charge in [-0.15, -0.1) is 10.2 Å². The van der Waals surface area contributed by atoms with Gasteiger partial charge in [0.25, 0.3) is 0 Å². The number of carbonyl (C=O) groups excluding carboxylic acids is 1. The van der Waals surface area contributed by atoms with E-state index in [1.165, 1.54) is 12.3 Å². The maximum Gasteiger partial charge on any atom is 0.250 e. The van der Waals surface area contributed by atoms with E-state index in [2.05, 4.69) is 20.5 Å². The number of rotatable bonds is 7. The lowest BCUT2D eigenvalue weighted by Gasteiger charge is -2.08. The van der Waals surface area contributed by atoms with Crippen LogP contribution in [0.25, 0.3) is 0 Å². The number of primary amides is 1. The van der Waals surface area contributed by atoms with Crippen molar-refractivity contribution in [1.82, 2.24) is 19.7 Å². The van der Waals surface area contributed by atoms with E-state index >= 15 is 0 Å². The second-order valence-corrected chi connectivity index (χ2v) is 4.66. The molecule has 0 radical (unpaired) electrons. The zero-order valence-electron chi connectivity index (χ0n) is 10.8. The number of anilines is 1. The van der Waals surface area contributed by atoms with Crippen LogP contribution < -0.4 is 11.1 Å². The number of carbonyl (C=O) groups is 1. The molecule has 0 aliphatic carbocycles. The minimum atomic E-state index is -0.542. The first-order valence-corrected chi connectivity index (χ1v) is 6.56. The Morgan fingerprint density at radius 2 is 2.10 bits per heavy atom. The number of hydrogen-bond donors (Lipinski definition) is 2. The average molecular weight is 295 g/mol. The number of nitrogens with one attached hydrogen (secondary N) is 1. The van der Waals surface area contributed by atoms with E-state index < -0.39 is 5.91 Å². The number of unbranched alkanes of at least 4 members (excludes halogenated alkanes) is 1. The van der Waals surface area contributed by atoms with Gasteiger partial charge in [0.15, 0.2) is 0 Å². The fraction of sp³-hybridized carbons (Fsp3) is 0.333. The summed E-state index contributed by atoms with van der Waals surface area (Å²) in [4.78, 5) is 15.0. The molecular weight excluding hydrogens is 280 g/mol. The molecule has 0 spiro atoms. The number of aryl methyl sites for hydroxylation is 1. The topological polar surface area (TPSA) is 98.7 Å². The third-order valence-electron chi connectivity index (χ3n) is 2.73. The van der Waals surface area contributed by atoms with Crippen LogP contribution in [0.15, 0.2) is 24.9 Å². The normalized spacial score (nSPS) is 10.4. The smallest absolute Gasteiger partial charge is 0.250 e. The minimum absolute atomic E-state index is 0.299. The van der Waals surface area contributed by atoms with Crippen LogP contribution in [-0.2, 0) is 6.54 Å². The maximum atomic E-state index is 11.0. The first-order chi connectivity index (χ1) is 9.66. The third kappa shape index (κ3) is 3.92. The van der Waals surface area contributed by atoms with Crippen molar-refractivity contribution in [1.29, 1.82) is 0 Å². The minimum Gasteiger partial charge on any atom is -0.369 e. The van der Waals surface area contributed by atoms with Gasteiger partial charge in [-0.3, -0.25) is 4.79 Å². The molecule has 1 amide bonds. The van der Waals surface area contributed by atoms with Crippen molar-refractivity contribution in [3.8, 4) is 0 Å². The average Bonchev–Trinajstić information content (AvgIpc) is 2.93. The van der Waals surface area contributed by atoms with Crippen molar-refractivity contribution < 1.29 is 4.79 Å². The highest BCUT2D eigenvalue weighted by atomic mass is 35.5. The molecular formula is C12H15ClN6O. The van der Waals surface area contributed by atoms with Crippen LogP contribution in [0.2, 0.25) is 5.02 Å². The predicted molar refractivity (Wildman–Crippen MR) is 75.5 cm³/mol. The van der Waals surface area contributed by atoms with Gasteiger partial charge in [0.2, 0.25) is 5.91 Å². The molecule has 0 aliphatic heterocycles. The maximum absolute atomic E-state index is 11.0. The third-order valence-corrected chi connectivity index (χ3v) is 3.02. The Balaban J connectivity index is 1.75. The molecule has 0 aliphatic rings. The Kier molecular flexibility index (Phi) is 4.89. The van der Waals surface area contributed by atoms with E-state index in [1.807, 2.05) is 4.57 Å². The molecule has 106 valence electrons. The van der Waals surface area contributed by atoms with Crippen LogP contribution in [0.5, 0.6) is 0 Å². The van der Waals surface area contributed by atoms with Gasteiger partial charge >= 0.3 is 0 Å². The highest BCUT2D eigenvalue weighted by Crippen LogP contribution is 2.19. The van der Waals surface area contributed by atoms with Crippen molar-refractivity contribution in [2.75, 3.05) is 11.9 Å². The summed E-state index contributed by atoms with van der Waals surface area (Å²) in [5, 5.41) is 11.0. The molecule has 8 heteroatoms. The number of pyridine rings is 1. The summed E-state index contributed by atoms with van der Waals surface area (Å²) in [7, 11) is 0. The zero-order valence-corrected chi connectivity index (χ0v) is 11.5. The Hall–Kier alpha value is -2.15. The largest absolute Gasteiger partial charge is 0.369 e. The Morgan fingerprint density at radius 3 is 2.75 bits per heavy atom. The van der Waals surface area contributed by atoms with Crippen molar-refractivity contribution in [2.45, 2.75) is 19.4 Å². The summed E-state index contributed by atoms with van der Waals surface area (Å²) in [5.74, 6) is 0.0147. The first kappa shape index (κ1) is 14.3. The standard InChI is InChI=1S/C12H15ClN6O/c13-10-5-9(11(14)20)6-16-12(10)15-3-1-2-4-19-7-17-18-8-19/h5-8H,1-4H2,(H2,14,20)(H,15,16). The van der Waals surface area contributed by atoms with E-state index in [4.69, 9.17) is 17.3 Å². The van der Waals surface area contributed by atoms with Crippen LogP contribution >= 0.6 is 11.6 Å². The number of hydrogen-bond acceptors (Lipinski definition) is 5. The van der Waals surface area contributed by atoms with Crippen molar-refractivity contribution >= 4 is 23.3 Å². The van der Waals surface area contributed by atoms with E-state index in [1.54, 1.807) is 12.7 Å². The van der Waals surface area contributed by atoms with Gasteiger partial charge in [-0.1, -0.05) is 11.6 Å². The summed E-state index contributed by atoms with van der Waals surface area (Å²) in [5.41, 5.74) is 5.45. The quantitative estimate of drug-likeness (QED) is 0.750. The molecule has 0 bridgehead atoms.